The van der Waals surface area contributed by atoms with Gasteiger partial charge in [-0.05, 0) is 24.6 Å². The van der Waals surface area contributed by atoms with Crippen molar-refractivity contribution in [1.29, 1.82) is 0 Å². The molecule has 1 rings (SSSR count). The van der Waals surface area contributed by atoms with Gasteiger partial charge < -0.3 is 10.5 Å². The van der Waals surface area contributed by atoms with E-state index in [9.17, 15) is 8.42 Å². The number of ether oxygens (including phenoxy) is 1. The second kappa shape index (κ2) is 6.11. The molecule has 0 amide bonds. The van der Waals surface area contributed by atoms with E-state index in [4.69, 9.17) is 10.5 Å². The van der Waals surface area contributed by atoms with Gasteiger partial charge in [0.15, 0.2) is 0 Å². The van der Waals surface area contributed by atoms with Crippen LogP contribution in [0.1, 0.15) is 12.5 Å². The van der Waals surface area contributed by atoms with Crippen LogP contribution in [0, 0.1) is 0 Å². The van der Waals surface area contributed by atoms with Crippen LogP contribution in [0.2, 0.25) is 0 Å². The fourth-order valence-electron chi connectivity index (χ4n) is 1.46. The minimum atomic E-state index is -3.50. The smallest absolute Gasteiger partial charge is 0.240 e. The lowest BCUT2D eigenvalue weighted by atomic mass is 10.2. The van der Waals surface area contributed by atoms with Crippen LogP contribution in [-0.4, -0.2) is 28.2 Å². The Morgan fingerprint density at radius 2 is 2.18 bits per heavy atom. The van der Waals surface area contributed by atoms with Crippen molar-refractivity contribution in [3.8, 4) is 0 Å². The zero-order valence-electron chi connectivity index (χ0n) is 10.0. The van der Waals surface area contributed by atoms with E-state index in [-0.39, 0.29) is 10.9 Å². The van der Waals surface area contributed by atoms with Crippen molar-refractivity contribution in [1.82, 2.24) is 4.72 Å². The van der Waals surface area contributed by atoms with Crippen molar-refractivity contribution in [2.45, 2.75) is 24.4 Å². The van der Waals surface area contributed by atoms with Crippen molar-refractivity contribution < 1.29 is 13.2 Å². The third-order valence-corrected chi connectivity index (χ3v) is 3.80. The summed E-state index contributed by atoms with van der Waals surface area (Å²) in [5, 5.41) is 0. The maximum absolute atomic E-state index is 12.0. The molecule has 0 aliphatic heterocycles. The van der Waals surface area contributed by atoms with E-state index < -0.39 is 10.0 Å². The third kappa shape index (κ3) is 4.08. The molecular formula is C11H18N2O3S. The Bertz CT molecular complexity index is 460. The average Bonchev–Trinajstić information content (AvgIpc) is 2.28. The number of rotatable bonds is 6. The fraction of sp³-hybridized carbons (Fsp3) is 0.455. The van der Waals surface area contributed by atoms with Gasteiger partial charge in [0, 0.05) is 19.7 Å². The molecule has 3 N–H and O–H groups in total. The van der Waals surface area contributed by atoms with Crippen molar-refractivity contribution in [3.63, 3.8) is 0 Å². The summed E-state index contributed by atoms with van der Waals surface area (Å²) < 4.78 is 31.4. The van der Waals surface area contributed by atoms with Gasteiger partial charge in [0.25, 0.3) is 0 Å². The summed E-state index contributed by atoms with van der Waals surface area (Å²) in [5.74, 6) is 0. The zero-order chi connectivity index (χ0) is 12.9. The van der Waals surface area contributed by atoms with Crippen LogP contribution in [0.3, 0.4) is 0 Å². The second-order valence-electron chi connectivity index (χ2n) is 3.83. The number of hydrogen-bond acceptors (Lipinski definition) is 4. The molecule has 0 aliphatic carbocycles. The van der Waals surface area contributed by atoms with E-state index in [1.807, 2.05) is 0 Å². The van der Waals surface area contributed by atoms with Gasteiger partial charge in [0.2, 0.25) is 10.0 Å². The first-order valence-corrected chi connectivity index (χ1v) is 6.78. The molecule has 0 aromatic heterocycles. The Morgan fingerprint density at radius 3 is 2.76 bits per heavy atom. The monoisotopic (exact) mass is 258 g/mol. The lowest BCUT2D eigenvalue weighted by Crippen LogP contribution is -2.35. The van der Waals surface area contributed by atoms with Gasteiger partial charge in [-0.15, -0.1) is 0 Å². The molecule has 0 fully saturated rings. The maximum atomic E-state index is 12.0. The predicted octanol–water partition coefficient (Wildman–Crippen LogP) is 0.459. The lowest BCUT2D eigenvalue weighted by Gasteiger charge is -2.13. The molecule has 1 atom stereocenters. The SMILES string of the molecule is COCC(C)NS(=O)(=O)c1cccc(CN)c1. The van der Waals surface area contributed by atoms with Crippen LogP contribution < -0.4 is 10.5 Å². The van der Waals surface area contributed by atoms with Crippen LogP contribution in [-0.2, 0) is 21.3 Å². The molecule has 0 saturated heterocycles. The summed E-state index contributed by atoms with van der Waals surface area (Å²) in [6.45, 7) is 2.39. The molecule has 0 aliphatic rings. The second-order valence-corrected chi connectivity index (χ2v) is 5.54. The van der Waals surface area contributed by atoms with E-state index in [1.165, 1.54) is 7.11 Å². The Balaban J connectivity index is 2.89. The first-order valence-electron chi connectivity index (χ1n) is 5.30. The van der Waals surface area contributed by atoms with Crippen molar-refractivity contribution in [2.24, 2.45) is 5.73 Å². The largest absolute Gasteiger partial charge is 0.383 e. The zero-order valence-corrected chi connectivity index (χ0v) is 10.8. The highest BCUT2D eigenvalue weighted by molar-refractivity contribution is 7.89. The van der Waals surface area contributed by atoms with E-state index in [0.29, 0.717) is 13.2 Å². The molecule has 0 bridgehead atoms. The summed E-state index contributed by atoms with van der Waals surface area (Å²) in [6.07, 6.45) is 0. The molecule has 1 unspecified atom stereocenters. The van der Waals surface area contributed by atoms with Crippen LogP contribution in [0.15, 0.2) is 29.2 Å². The van der Waals surface area contributed by atoms with Gasteiger partial charge in [-0.2, -0.15) is 0 Å². The normalized spacial score (nSPS) is 13.6. The Morgan fingerprint density at radius 1 is 1.47 bits per heavy atom. The molecule has 96 valence electrons. The topological polar surface area (TPSA) is 81.4 Å². The van der Waals surface area contributed by atoms with Gasteiger partial charge in [-0.3, -0.25) is 0 Å². The van der Waals surface area contributed by atoms with Crippen molar-refractivity contribution in [2.75, 3.05) is 13.7 Å². The van der Waals surface area contributed by atoms with E-state index in [2.05, 4.69) is 4.72 Å². The highest BCUT2D eigenvalue weighted by Gasteiger charge is 2.17. The maximum Gasteiger partial charge on any atom is 0.240 e. The molecule has 0 heterocycles. The van der Waals surface area contributed by atoms with Gasteiger partial charge in [0.1, 0.15) is 0 Å². The van der Waals surface area contributed by atoms with E-state index >= 15 is 0 Å². The summed E-state index contributed by atoms with van der Waals surface area (Å²) in [5.41, 5.74) is 6.26. The molecule has 5 nitrogen and oxygen atoms in total. The lowest BCUT2D eigenvalue weighted by molar-refractivity contribution is 0.180. The van der Waals surface area contributed by atoms with Crippen molar-refractivity contribution >= 4 is 10.0 Å². The number of sulfonamides is 1. The molecule has 17 heavy (non-hydrogen) atoms. The number of methoxy groups -OCH3 is 1. The highest BCUT2D eigenvalue weighted by atomic mass is 32.2. The van der Waals surface area contributed by atoms with Crippen molar-refractivity contribution in [3.05, 3.63) is 29.8 Å². The third-order valence-electron chi connectivity index (χ3n) is 2.22. The molecule has 1 aromatic rings. The van der Waals surface area contributed by atoms with Gasteiger partial charge in [-0.25, -0.2) is 13.1 Å². The number of benzene rings is 1. The minimum absolute atomic E-state index is 0.225. The predicted molar refractivity (Wildman–Crippen MR) is 66.0 cm³/mol. The van der Waals surface area contributed by atoms with Gasteiger partial charge in [-0.1, -0.05) is 12.1 Å². The molecule has 0 saturated carbocycles. The molecule has 0 spiro atoms. The fourth-order valence-corrected chi connectivity index (χ4v) is 2.75. The van der Waals surface area contributed by atoms with Crippen LogP contribution in [0.5, 0.6) is 0 Å². The van der Waals surface area contributed by atoms with E-state index in [1.54, 1.807) is 31.2 Å². The van der Waals surface area contributed by atoms with Gasteiger partial charge >= 0.3 is 0 Å². The summed E-state index contributed by atoms with van der Waals surface area (Å²) in [7, 11) is -1.97. The van der Waals surface area contributed by atoms with Gasteiger partial charge in [0.05, 0.1) is 11.5 Å². The Kier molecular flexibility index (Phi) is 5.07. The summed E-state index contributed by atoms with van der Waals surface area (Å²) >= 11 is 0. The summed E-state index contributed by atoms with van der Waals surface area (Å²) in [4.78, 5) is 0.225. The number of nitrogens with one attached hydrogen (secondary N) is 1. The molecule has 0 radical (unpaired) electrons. The summed E-state index contributed by atoms with van der Waals surface area (Å²) in [6, 6.07) is 6.31. The molecular weight excluding hydrogens is 240 g/mol. The number of hydrogen-bond donors (Lipinski definition) is 2. The minimum Gasteiger partial charge on any atom is -0.383 e. The average molecular weight is 258 g/mol. The standard InChI is InChI=1S/C11H18N2O3S/c1-9(8-16-2)13-17(14,15)11-5-3-4-10(6-11)7-12/h3-6,9,13H,7-8,12H2,1-2H3. The quantitative estimate of drug-likeness (QED) is 0.776. The van der Waals surface area contributed by atoms with Crippen LogP contribution in [0.4, 0.5) is 0 Å². The first-order chi connectivity index (χ1) is 7.99. The van der Waals surface area contributed by atoms with Crippen LogP contribution in [0.25, 0.3) is 0 Å². The van der Waals surface area contributed by atoms with E-state index in [0.717, 1.165) is 5.56 Å². The molecule has 1 aromatic carbocycles. The van der Waals surface area contributed by atoms with Crippen LogP contribution >= 0.6 is 0 Å². The Labute approximate surface area is 102 Å². The first kappa shape index (κ1) is 14.1. The number of nitrogens with two attached hydrogens (primary N) is 1. The Hall–Kier alpha value is -0.950. The highest BCUT2D eigenvalue weighted by Crippen LogP contribution is 2.11. The molecule has 6 heteroatoms.